The first kappa shape index (κ1) is 12.8. The molecule has 0 spiro atoms. The Morgan fingerprint density at radius 3 is 1.83 bits per heavy atom. The van der Waals surface area contributed by atoms with Gasteiger partial charge in [-0.15, -0.1) is 0 Å². The van der Waals surface area contributed by atoms with E-state index in [0.717, 1.165) is 11.5 Å². The van der Waals surface area contributed by atoms with Gasteiger partial charge in [-0.2, -0.15) is 0 Å². The van der Waals surface area contributed by atoms with E-state index in [1.807, 2.05) is 13.8 Å². The van der Waals surface area contributed by atoms with Crippen LogP contribution in [0.2, 0.25) is 0 Å². The van der Waals surface area contributed by atoms with Crippen molar-refractivity contribution >= 4 is 0 Å². The van der Waals surface area contributed by atoms with E-state index in [0.29, 0.717) is 0 Å². The van der Waals surface area contributed by atoms with Gasteiger partial charge in [0.05, 0.1) is 25.0 Å². The van der Waals surface area contributed by atoms with Crippen LogP contribution in [0.15, 0.2) is 22.6 Å². The highest BCUT2D eigenvalue weighted by Gasteiger charge is 2.21. The Morgan fingerprint density at radius 1 is 0.778 bits per heavy atom. The molecule has 0 saturated carbocycles. The van der Waals surface area contributed by atoms with Gasteiger partial charge in [0, 0.05) is 5.56 Å². The molecule has 2 rings (SSSR count). The number of hydrogen-bond acceptors (Lipinski definition) is 0. The van der Waals surface area contributed by atoms with Gasteiger partial charge in [-0.05, 0) is 38.8 Å². The van der Waals surface area contributed by atoms with E-state index in [9.17, 15) is 0 Å². The molecule has 18 heavy (non-hydrogen) atoms. The number of hydrogen-bond donors (Lipinski definition) is 0. The molecule has 1 aromatic carbocycles. The standard InChI is InChI=1S/C17H21O/c1-10-7-8-16(11(2)9-10)17-12(3)14(5)18-15(6)13(17)4/h7-9H,1-6H3/q+1. The molecular weight excluding hydrogens is 220 g/mol. The molecule has 0 saturated heterocycles. The van der Waals surface area contributed by atoms with Crippen molar-refractivity contribution in [3.05, 3.63) is 52.0 Å². The molecule has 0 aliphatic carbocycles. The molecule has 0 radical (unpaired) electrons. The van der Waals surface area contributed by atoms with Crippen molar-refractivity contribution in [2.45, 2.75) is 41.5 Å². The number of aryl methyl sites for hydroxylation is 4. The molecule has 0 fully saturated rings. The van der Waals surface area contributed by atoms with E-state index in [-0.39, 0.29) is 0 Å². The summed E-state index contributed by atoms with van der Waals surface area (Å²) >= 11 is 0. The topological polar surface area (TPSA) is 11.3 Å². The zero-order valence-electron chi connectivity index (χ0n) is 12.1. The van der Waals surface area contributed by atoms with Crippen LogP contribution in [0, 0.1) is 41.5 Å². The largest absolute Gasteiger partial charge is 0.329 e. The van der Waals surface area contributed by atoms with Gasteiger partial charge in [0.1, 0.15) is 0 Å². The quantitative estimate of drug-likeness (QED) is 0.634. The summed E-state index contributed by atoms with van der Waals surface area (Å²) in [6, 6.07) is 6.64. The predicted molar refractivity (Wildman–Crippen MR) is 77.0 cm³/mol. The summed E-state index contributed by atoms with van der Waals surface area (Å²) in [4.78, 5) is 0. The van der Waals surface area contributed by atoms with Crippen LogP contribution in [0.5, 0.6) is 0 Å². The van der Waals surface area contributed by atoms with E-state index in [1.54, 1.807) is 0 Å². The van der Waals surface area contributed by atoms with E-state index in [2.05, 4.69) is 45.9 Å². The summed E-state index contributed by atoms with van der Waals surface area (Å²) in [5, 5.41) is 0. The molecule has 0 aliphatic heterocycles. The van der Waals surface area contributed by atoms with E-state index < -0.39 is 0 Å². The lowest BCUT2D eigenvalue weighted by Gasteiger charge is -2.11. The first-order chi connectivity index (χ1) is 8.41. The predicted octanol–water partition coefficient (Wildman–Crippen LogP) is 5.08. The minimum atomic E-state index is 1.01. The van der Waals surface area contributed by atoms with Crippen LogP contribution in [-0.4, -0.2) is 0 Å². The van der Waals surface area contributed by atoms with Crippen LogP contribution in [0.3, 0.4) is 0 Å². The van der Waals surface area contributed by atoms with Crippen LogP contribution in [0.1, 0.15) is 33.8 Å². The molecule has 1 nitrogen and oxygen atoms in total. The Bertz CT molecular complexity index is 583. The summed E-state index contributed by atoms with van der Waals surface area (Å²) < 4.78 is 5.76. The first-order valence-corrected chi connectivity index (χ1v) is 6.40. The van der Waals surface area contributed by atoms with E-state index >= 15 is 0 Å². The molecule has 1 heterocycles. The van der Waals surface area contributed by atoms with Gasteiger partial charge in [0.2, 0.25) is 0 Å². The highest BCUT2D eigenvalue weighted by molar-refractivity contribution is 5.74. The molecule has 0 N–H and O–H groups in total. The minimum Gasteiger partial charge on any atom is -0.218 e. The fraction of sp³-hybridized carbons (Fsp3) is 0.353. The van der Waals surface area contributed by atoms with Crippen LogP contribution in [-0.2, 0) is 0 Å². The van der Waals surface area contributed by atoms with Crippen LogP contribution in [0.4, 0.5) is 0 Å². The average molecular weight is 241 g/mol. The smallest absolute Gasteiger partial charge is 0.218 e. The lowest BCUT2D eigenvalue weighted by Crippen LogP contribution is -1.96. The number of benzene rings is 1. The van der Waals surface area contributed by atoms with Gasteiger partial charge >= 0.3 is 11.5 Å². The Balaban J connectivity index is 2.78. The van der Waals surface area contributed by atoms with Gasteiger partial charge in [-0.1, -0.05) is 23.8 Å². The maximum absolute atomic E-state index is 5.76. The molecule has 0 atom stereocenters. The molecule has 0 amide bonds. The Hall–Kier alpha value is -1.63. The molecule has 1 heteroatoms. The second kappa shape index (κ2) is 4.56. The third kappa shape index (κ3) is 2.05. The molecule has 0 bridgehead atoms. The monoisotopic (exact) mass is 241 g/mol. The summed E-state index contributed by atoms with van der Waals surface area (Å²) in [6.45, 7) is 12.7. The lowest BCUT2D eigenvalue weighted by atomic mass is 9.91. The minimum absolute atomic E-state index is 1.01. The Morgan fingerprint density at radius 2 is 1.33 bits per heavy atom. The fourth-order valence-corrected chi connectivity index (χ4v) is 2.51. The zero-order chi connectivity index (χ0) is 13.4. The van der Waals surface area contributed by atoms with Crippen LogP contribution < -0.4 is 0 Å². The van der Waals surface area contributed by atoms with Gasteiger partial charge in [0.15, 0.2) is 0 Å². The van der Waals surface area contributed by atoms with Crippen molar-refractivity contribution in [3.8, 4) is 11.1 Å². The molecule has 2 aromatic rings. The summed E-state index contributed by atoms with van der Waals surface area (Å²) in [6.07, 6.45) is 0. The van der Waals surface area contributed by atoms with Crippen LogP contribution in [0.25, 0.3) is 11.1 Å². The highest BCUT2D eigenvalue weighted by atomic mass is 16.3. The maximum atomic E-state index is 5.76. The highest BCUT2D eigenvalue weighted by Crippen LogP contribution is 2.33. The van der Waals surface area contributed by atoms with Crippen molar-refractivity contribution in [3.63, 3.8) is 0 Å². The lowest BCUT2D eigenvalue weighted by molar-refractivity contribution is 0.478. The molecular formula is C17H21O+. The molecule has 0 unspecified atom stereocenters. The molecule has 94 valence electrons. The van der Waals surface area contributed by atoms with Crippen molar-refractivity contribution in [2.75, 3.05) is 0 Å². The third-order valence-corrected chi connectivity index (χ3v) is 3.76. The number of rotatable bonds is 1. The van der Waals surface area contributed by atoms with Crippen molar-refractivity contribution in [1.29, 1.82) is 0 Å². The Labute approximate surface area is 109 Å². The third-order valence-electron chi connectivity index (χ3n) is 3.76. The van der Waals surface area contributed by atoms with Crippen LogP contribution >= 0.6 is 0 Å². The SMILES string of the molecule is Cc1ccc(-c2c(C)c(C)[o+]c(C)c2C)c(C)c1. The molecule has 1 aromatic heterocycles. The normalized spacial score (nSPS) is 10.8. The summed E-state index contributed by atoms with van der Waals surface area (Å²) in [7, 11) is 0. The van der Waals surface area contributed by atoms with Crippen molar-refractivity contribution in [2.24, 2.45) is 0 Å². The second-order valence-corrected chi connectivity index (χ2v) is 5.16. The maximum Gasteiger partial charge on any atom is 0.329 e. The fourth-order valence-electron chi connectivity index (χ4n) is 2.51. The van der Waals surface area contributed by atoms with Gasteiger partial charge in [-0.3, -0.25) is 0 Å². The summed E-state index contributed by atoms with van der Waals surface area (Å²) in [5.74, 6) is 2.01. The first-order valence-electron chi connectivity index (χ1n) is 6.40. The van der Waals surface area contributed by atoms with E-state index in [1.165, 1.54) is 33.4 Å². The Kier molecular flexibility index (Phi) is 3.25. The zero-order valence-corrected chi connectivity index (χ0v) is 12.1. The van der Waals surface area contributed by atoms with Gasteiger partial charge in [-0.25, -0.2) is 4.42 Å². The summed E-state index contributed by atoms with van der Waals surface area (Å²) in [5.41, 5.74) is 7.76. The van der Waals surface area contributed by atoms with Crippen molar-refractivity contribution < 1.29 is 4.42 Å². The van der Waals surface area contributed by atoms with Gasteiger partial charge in [0.25, 0.3) is 0 Å². The van der Waals surface area contributed by atoms with Crippen molar-refractivity contribution in [1.82, 2.24) is 0 Å². The van der Waals surface area contributed by atoms with E-state index in [4.69, 9.17) is 4.42 Å². The average Bonchev–Trinajstić information content (AvgIpc) is 2.29. The molecule has 0 aliphatic rings. The second-order valence-electron chi connectivity index (χ2n) is 5.16. The van der Waals surface area contributed by atoms with Gasteiger partial charge < -0.3 is 0 Å².